The molecule has 2 aromatic carbocycles. The second-order valence-corrected chi connectivity index (χ2v) is 4.63. The van der Waals surface area contributed by atoms with Crippen molar-refractivity contribution in [1.82, 2.24) is 0 Å². The van der Waals surface area contributed by atoms with Gasteiger partial charge in [0.15, 0.2) is 5.78 Å². The summed E-state index contributed by atoms with van der Waals surface area (Å²) in [6.07, 6.45) is 0. The molecule has 0 unspecified atom stereocenters. The van der Waals surface area contributed by atoms with Crippen molar-refractivity contribution in [2.24, 2.45) is 0 Å². The highest BCUT2D eigenvalue weighted by Crippen LogP contribution is 2.26. The summed E-state index contributed by atoms with van der Waals surface area (Å²) in [4.78, 5) is 12.2. The molecule has 19 heavy (non-hydrogen) atoms. The van der Waals surface area contributed by atoms with Crippen molar-refractivity contribution in [1.29, 1.82) is 0 Å². The molecule has 0 fully saturated rings. The van der Waals surface area contributed by atoms with Crippen LogP contribution in [-0.2, 0) is 0 Å². The highest BCUT2D eigenvalue weighted by molar-refractivity contribution is 9.10. The Balaban J connectivity index is 2.53. The summed E-state index contributed by atoms with van der Waals surface area (Å²) in [6, 6.07) is 7.90. The van der Waals surface area contributed by atoms with E-state index in [-0.39, 0.29) is 21.3 Å². The Morgan fingerprint density at radius 3 is 2.58 bits per heavy atom. The van der Waals surface area contributed by atoms with Crippen molar-refractivity contribution in [3.8, 4) is 5.75 Å². The summed E-state index contributed by atoms with van der Waals surface area (Å²) >= 11 is 3.02. The van der Waals surface area contributed by atoms with Crippen LogP contribution in [0.4, 0.5) is 8.78 Å². The Bertz CT molecular complexity index is 641. The van der Waals surface area contributed by atoms with E-state index in [1.807, 2.05) is 0 Å². The number of benzene rings is 2. The quantitative estimate of drug-likeness (QED) is 0.798. The summed E-state index contributed by atoms with van der Waals surface area (Å²) in [5.74, 6) is -1.66. The zero-order chi connectivity index (χ0) is 14.0. The predicted molar refractivity (Wildman–Crippen MR) is 70.5 cm³/mol. The number of carbonyl (C=O) groups excluding carboxylic acids is 1. The minimum absolute atomic E-state index is 0.0735. The van der Waals surface area contributed by atoms with Gasteiger partial charge < -0.3 is 4.74 Å². The van der Waals surface area contributed by atoms with E-state index in [1.54, 1.807) is 6.07 Å². The Hall–Kier alpha value is -1.75. The van der Waals surface area contributed by atoms with E-state index >= 15 is 0 Å². The number of halogens is 3. The van der Waals surface area contributed by atoms with E-state index < -0.39 is 17.4 Å². The molecular formula is C14H9BrF2O2. The summed E-state index contributed by atoms with van der Waals surface area (Å²) in [6.45, 7) is 0. The van der Waals surface area contributed by atoms with E-state index in [1.165, 1.54) is 25.3 Å². The van der Waals surface area contributed by atoms with Crippen LogP contribution in [0.5, 0.6) is 5.75 Å². The van der Waals surface area contributed by atoms with Crippen molar-refractivity contribution in [3.05, 3.63) is 63.6 Å². The Morgan fingerprint density at radius 1 is 1.16 bits per heavy atom. The van der Waals surface area contributed by atoms with Gasteiger partial charge in [0.25, 0.3) is 0 Å². The highest BCUT2D eigenvalue weighted by atomic mass is 79.9. The van der Waals surface area contributed by atoms with Crippen LogP contribution in [0.25, 0.3) is 0 Å². The molecule has 98 valence electrons. The first kappa shape index (κ1) is 13.7. The minimum Gasteiger partial charge on any atom is -0.496 e. The molecule has 0 aromatic heterocycles. The zero-order valence-corrected chi connectivity index (χ0v) is 11.5. The maximum Gasteiger partial charge on any atom is 0.199 e. The zero-order valence-electron chi connectivity index (χ0n) is 9.91. The van der Waals surface area contributed by atoms with Gasteiger partial charge in [-0.05, 0) is 40.2 Å². The van der Waals surface area contributed by atoms with Gasteiger partial charge in [0, 0.05) is 6.07 Å². The molecule has 0 bridgehead atoms. The third-order valence-electron chi connectivity index (χ3n) is 2.60. The van der Waals surface area contributed by atoms with Crippen LogP contribution >= 0.6 is 15.9 Å². The third kappa shape index (κ3) is 2.66. The summed E-state index contributed by atoms with van der Waals surface area (Å²) in [5.41, 5.74) is 0.0141. The lowest BCUT2D eigenvalue weighted by molar-refractivity contribution is 0.103. The molecule has 2 nitrogen and oxygen atoms in total. The first-order valence-electron chi connectivity index (χ1n) is 5.37. The molecule has 5 heteroatoms. The van der Waals surface area contributed by atoms with Gasteiger partial charge in [-0.2, -0.15) is 0 Å². The van der Waals surface area contributed by atoms with Gasteiger partial charge in [0.05, 0.1) is 22.7 Å². The molecular weight excluding hydrogens is 318 g/mol. The maximum absolute atomic E-state index is 13.9. The van der Waals surface area contributed by atoms with Crippen molar-refractivity contribution >= 4 is 21.7 Å². The van der Waals surface area contributed by atoms with Crippen molar-refractivity contribution in [3.63, 3.8) is 0 Å². The molecule has 0 heterocycles. The van der Waals surface area contributed by atoms with Gasteiger partial charge in [-0.3, -0.25) is 4.79 Å². The Kier molecular flexibility index (Phi) is 3.95. The van der Waals surface area contributed by atoms with Crippen molar-refractivity contribution in [2.75, 3.05) is 7.11 Å². The molecule has 2 rings (SSSR count). The number of hydrogen-bond donors (Lipinski definition) is 0. The molecule has 0 aliphatic rings. The molecule has 0 saturated carbocycles. The first-order valence-corrected chi connectivity index (χ1v) is 6.16. The average molecular weight is 327 g/mol. The normalized spacial score (nSPS) is 10.3. The largest absolute Gasteiger partial charge is 0.496 e. The van der Waals surface area contributed by atoms with E-state index in [4.69, 9.17) is 4.74 Å². The van der Waals surface area contributed by atoms with Crippen LogP contribution in [0.3, 0.4) is 0 Å². The summed E-state index contributed by atoms with van der Waals surface area (Å²) in [7, 11) is 1.32. The van der Waals surface area contributed by atoms with E-state index in [9.17, 15) is 13.6 Å². The third-order valence-corrected chi connectivity index (χ3v) is 3.22. The van der Waals surface area contributed by atoms with Crippen LogP contribution < -0.4 is 4.74 Å². The smallest absolute Gasteiger partial charge is 0.199 e. The van der Waals surface area contributed by atoms with Crippen LogP contribution in [-0.4, -0.2) is 12.9 Å². The molecule has 0 radical (unpaired) electrons. The lowest BCUT2D eigenvalue weighted by Gasteiger charge is -2.08. The average Bonchev–Trinajstić information content (AvgIpc) is 2.41. The van der Waals surface area contributed by atoms with E-state index in [0.717, 1.165) is 12.1 Å². The van der Waals surface area contributed by atoms with Gasteiger partial charge in [0.1, 0.15) is 17.4 Å². The molecule has 0 atom stereocenters. The number of carbonyl (C=O) groups is 1. The van der Waals surface area contributed by atoms with Crippen LogP contribution in [0, 0.1) is 11.6 Å². The monoisotopic (exact) mass is 326 g/mol. The fourth-order valence-electron chi connectivity index (χ4n) is 1.68. The Morgan fingerprint density at radius 2 is 1.89 bits per heavy atom. The predicted octanol–water partition coefficient (Wildman–Crippen LogP) is 3.97. The molecule has 2 aromatic rings. The van der Waals surface area contributed by atoms with E-state index in [2.05, 4.69) is 15.9 Å². The maximum atomic E-state index is 13.9. The second-order valence-electron chi connectivity index (χ2n) is 3.78. The van der Waals surface area contributed by atoms with Gasteiger partial charge in [-0.1, -0.05) is 6.07 Å². The Labute approximate surface area is 117 Å². The highest BCUT2D eigenvalue weighted by Gasteiger charge is 2.19. The topological polar surface area (TPSA) is 26.3 Å². The van der Waals surface area contributed by atoms with Crippen molar-refractivity contribution < 1.29 is 18.3 Å². The van der Waals surface area contributed by atoms with E-state index in [0.29, 0.717) is 0 Å². The molecule has 0 aliphatic carbocycles. The number of rotatable bonds is 3. The molecule has 0 spiro atoms. The SMILES string of the molecule is COc1cc(F)ccc1C(=O)c1cccc(Br)c1F. The second kappa shape index (κ2) is 5.48. The fraction of sp³-hybridized carbons (Fsp3) is 0.0714. The molecule has 0 amide bonds. The van der Waals surface area contributed by atoms with Crippen LogP contribution in [0.2, 0.25) is 0 Å². The number of ketones is 1. The number of methoxy groups -OCH3 is 1. The summed E-state index contributed by atoms with van der Waals surface area (Å²) in [5, 5.41) is 0. The van der Waals surface area contributed by atoms with Crippen LogP contribution in [0.15, 0.2) is 40.9 Å². The van der Waals surface area contributed by atoms with Crippen molar-refractivity contribution in [2.45, 2.75) is 0 Å². The molecule has 0 saturated heterocycles. The first-order chi connectivity index (χ1) is 9.04. The van der Waals surface area contributed by atoms with Gasteiger partial charge >= 0.3 is 0 Å². The lowest BCUT2D eigenvalue weighted by atomic mass is 10.0. The number of hydrogen-bond acceptors (Lipinski definition) is 2. The van der Waals surface area contributed by atoms with Gasteiger partial charge in [0.2, 0.25) is 0 Å². The van der Waals surface area contributed by atoms with Crippen LogP contribution in [0.1, 0.15) is 15.9 Å². The number of ether oxygens (including phenoxy) is 1. The fourth-order valence-corrected chi connectivity index (χ4v) is 2.04. The minimum atomic E-state index is -0.654. The lowest BCUT2D eigenvalue weighted by Crippen LogP contribution is -2.07. The molecule has 0 N–H and O–H groups in total. The molecule has 0 aliphatic heterocycles. The standard InChI is InChI=1S/C14H9BrF2O2/c1-19-12-7-8(16)5-6-9(12)14(18)10-3-2-4-11(15)13(10)17/h2-7H,1H3. The summed E-state index contributed by atoms with van der Waals surface area (Å²) < 4.78 is 32.1. The van der Waals surface area contributed by atoms with Gasteiger partial charge in [-0.25, -0.2) is 8.78 Å². The van der Waals surface area contributed by atoms with Gasteiger partial charge in [-0.15, -0.1) is 0 Å².